The van der Waals surface area contributed by atoms with E-state index in [9.17, 15) is 27.2 Å². The standard InChI is InChI=1S/C28H24F4N2O3/c1-18-25(20-10-6-11-21(16-20)37-2)26(35)33(15-14-19-8-4-3-5-9-19)27(36)34(18)17-22-23(28(30,31)32)12-7-13-24(22)29/h3-13,16H,14-15,17H2,1-2H3. The Balaban J connectivity index is 1.93. The van der Waals surface area contributed by atoms with Crippen molar-refractivity contribution in [2.45, 2.75) is 32.6 Å². The van der Waals surface area contributed by atoms with Crippen LogP contribution in [0.5, 0.6) is 5.75 Å². The molecule has 0 amide bonds. The minimum Gasteiger partial charge on any atom is -0.497 e. The molecule has 192 valence electrons. The molecule has 0 spiro atoms. The minimum atomic E-state index is -4.83. The molecule has 4 aromatic rings. The van der Waals surface area contributed by atoms with Gasteiger partial charge in [-0.25, -0.2) is 9.18 Å². The van der Waals surface area contributed by atoms with E-state index in [1.54, 1.807) is 24.3 Å². The van der Waals surface area contributed by atoms with Crippen LogP contribution in [-0.4, -0.2) is 16.2 Å². The van der Waals surface area contributed by atoms with E-state index in [0.29, 0.717) is 17.7 Å². The zero-order chi connectivity index (χ0) is 26.7. The molecule has 9 heteroatoms. The highest BCUT2D eigenvalue weighted by Crippen LogP contribution is 2.33. The van der Waals surface area contributed by atoms with Gasteiger partial charge in [-0.2, -0.15) is 13.2 Å². The van der Waals surface area contributed by atoms with Crippen LogP contribution in [0.4, 0.5) is 17.6 Å². The summed E-state index contributed by atoms with van der Waals surface area (Å²) in [6, 6.07) is 18.4. The highest BCUT2D eigenvalue weighted by Gasteiger charge is 2.35. The average Bonchev–Trinajstić information content (AvgIpc) is 2.87. The van der Waals surface area contributed by atoms with E-state index in [1.807, 2.05) is 30.3 Å². The van der Waals surface area contributed by atoms with Gasteiger partial charge in [0.25, 0.3) is 5.56 Å². The maximum Gasteiger partial charge on any atom is 0.416 e. The Labute approximate surface area is 210 Å². The molecule has 0 unspecified atom stereocenters. The monoisotopic (exact) mass is 512 g/mol. The third-order valence-corrected chi connectivity index (χ3v) is 6.25. The lowest BCUT2D eigenvalue weighted by Crippen LogP contribution is -2.43. The summed E-state index contributed by atoms with van der Waals surface area (Å²) < 4.78 is 63.0. The summed E-state index contributed by atoms with van der Waals surface area (Å²) in [6.45, 7) is 0.754. The Hall–Kier alpha value is -4.14. The molecule has 0 N–H and O–H groups in total. The molecule has 0 radical (unpaired) electrons. The van der Waals surface area contributed by atoms with Gasteiger partial charge in [-0.3, -0.25) is 13.9 Å². The van der Waals surface area contributed by atoms with Crippen LogP contribution in [0.1, 0.15) is 22.4 Å². The fourth-order valence-electron chi connectivity index (χ4n) is 4.32. The van der Waals surface area contributed by atoms with Crippen molar-refractivity contribution in [1.82, 2.24) is 9.13 Å². The topological polar surface area (TPSA) is 53.2 Å². The van der Waals surface area contributed by atoms with Gasteiger partial charge in [0.1, 0.15) is 11.6 Å². The zero-order valence-electron chi connectivity index (χ0n) is 20.2. The van der Waals surface area contributed by atoms with E-state index in [0.717, 1.165) is 32.9 Å². The summed E-state index contributed by atoms with van der Waals surface area (Å²) >= 11 is 0. The normalized spacial score (nSPS) is 11.5. The van der Waals surface area contributed by atoms with Gasteiger partial charge in [0.05, 0.1) is 24.8 Å². The van der Waals surface area contributed by atoms with Crippen LogP contribution in [0.15, 0.2) is 82.4 Å². The largest absolute Gasteiger partial charge is 0.497 e. The van der Waals surface area contributed by atoms with Gasteiger partial charge in [-0.15, -0.1) is 0 Å². The second-order valence-electron chi connectivity index (χ2n) is 8.52. The molecule has 0 bridgehead atoms. The first kappa shape index (κ1) is 25.9. The number of alkyl halides is 3. The molecule has 0 saturated heterocycles. The van der Waals surface area contributed by atoms with Crippen molar-refractivity contribution in [2.75, 3.05) is 7.11 Å². The van der Waals surface area contributed by atoms with E-state index in [-0.39, 0.29) is 17.8 Å². The van der Waals surface area contributed by atoms with Gasteiger partial charge >= 0.3 is 11.9 Å². The third kappa shape index (κ3) is 5.35. The van der Waals surface area contributed by atoms with Crippen molar-refractivity contribution >= 4 is 0 Å². The maximum atomic E-state index is 14.7. The first-order valence-corrected chi connectivity index (χ1v) is 11.5. The molecular formula is C28H24F4N2O3. The smallest absolute Gasteiger partial charge is 0.416 e. The van der Waals surface area contributed by atoms with Crippen molar-refractivity contribution in [3.63, 3.8) is 0 Å². The van der Waals surface area contributed by atoms with Crippen molar-refractivity contribution in [2.24, 2.45) is 0 Å². The third-order valence-electron chi connectivity index (χ3n) is 6.25. The number of rotatable bonds is 7. The van der Waals surface area contributed by atoms with Gasteiger partial charge in [-0.1, -0.05) is 48.5 Å². The molecular weight excluding hydrogens is 488 g/mol. The Morgan fingerprint density at radius 2 is 1.59 bits per heavy atom. The second-order valence-corrected chi connectivity index (χ2v) is 8.52. The molecule has 3 aromatic carbocycles. The lowest BCUT2D eigenvalue weighted by Gasteiger charge is -2.20. The molecule has 0 aliphatic rings. The highest BCUT2D eigenvalue weighted by molar-refractivity contribution is 5.66. The maximum absolute atomic E-state index is 14.7. The van der Waals surface area contributed by atoms with E-state index in [2.05, 4.69) is 0 Å². The van der Waals surface area contributed by atoms with Crippen molar-refractivity contribution in [3.05, 3.63) is 122 Å². The van der Waals surface area contributed by atoms with Crippen LogP contribution in [0.2, 0.25) is 0 Å². The van der Waals surface area contributed by atoms with Gasteiger partial charge in [-0.05, 0) is 48.7 Å². The van der Waals surface area contributed by atoms with Crippen molar-refractivity contribution in [3.8, 4) is 16.9 Å². The molecule has 4 rings (SSSR count). The average molecular weight is 513 g/mol. The van der Waals surface area contributed by atoms with Crippen LogP contribution in [-0.2, 0) is 25.7 Å². The Morgan fingerprint density at radius 3 is 2.27 bits per heavy atom. The van der Waals surface area contributed by atoms with Crippen LogP contribution in [0, 0.1) is 12.7 Å². The van der Waals surface area contributed by atoms with E-state index < -0.39 is 40.9 Å². The summed E-state index contributed by atoms with van der Waals surface area (Å²) in [6.07, 6.45) is -4.49. The number of hydrogen-bond donors (Lipinski definition) is 0. The number of aromatic nitrogens is 2. The van der Waals surface area contributed by atoms with Crippen LogP contribution >= 0.6 is 0 Å². The molecule has 0 saturated carbocycles. The van der Waals surface area contributed by atoms with Crippen LogP contribution < -0.4 is 16.0 Å². The second kappa shape index (κ2) is 10.5. The molecule has 0 fully saturated rings. The summed E-state index contributed by atoms with van der Waals surface area (Å²) in [5.74, 6) is -0.635. The number of benzene rings is 3. The fourth-order valence-corrected chi connectivity index (χ4v) is 4.32. The van der Waals surface area contributed by atoms with Crippen LogP contribution in [0.3, 0.4) is 0 Å². The first-order valence-electron chi connectivity index (χ1n) is 11.5. The predicted molar refractivity (Wildman–Crippen MR) is 132 cm³/mol. The zero-order valence-corrected chi connectivity index (χ0v) is 20.2. The van der Waals surface area contributed by atoms with E-state index in [1.165, 1.54) is 14.0 Å². The molecule has 1 aromatic heterocycles. The van der Waals surface area contributed by atoms with E-state index in [4.69, 9.17) is 4.74 Å². The molecule has 0 aliphatic carbocycles. The SMILES string of the molecule is COc1cccc(-c2c(C)n(Cc3c(F)cccc3C(F)(F)F)c(=O)n(CCc3ccccc3)c2=O)c1. The molecule has 37 heavy (non-hydrogen) atoms. The lowest BCUT2D eigenvalue weighted by molar-refractivity contribution is -0.138. The van der Waals surface area contributed by atoms with E-state index >= 15 is 0 Å². The lowest BCUT2D eigenvalue weighted by atomic mass is 10.0. The summed E-state index contributed by atoms with van der Waals surface area (Å²) in [4.78, 5) is 27.1. The Kier molecular flexibility index (Phi) is 7.33. The quantitative estimate of drug-likeness (QED) is 0.310. The summed E-state index contributed by atoms with van der Waals surface area (Å²) in [5, 5.41) is 0. The van der Waals surface area contributed by atoms with Gasteiger partial charge in [0.2, 0.25) is 0 Å². The number of methoxy groups -OCH3 is 1. The van der Waals surface area contributed by atoms with Gasteiger partial charge < -0.3 is 4.74 Å². The molecule has 5 nitrogen and oxygen atoms in total. The fraction of sp³-hybridized carbons (Fsp3) is 0.214. The number of aryl methyl sites for hydroxylation is 1. The van der Waals surface area contributed by atoms with Crippen molar-refractivity contribution < 1.29 is 22.3 Å². The highest BCUT2D eigenvalue weighted by atomic mass is 19.4. The molecule has 0 aliphatic heterocycles. The number of nitrogens with zero attached hydrogens (tertiary/aromatic N) is 2. The number of ether oxygens (including phenoxy) is 1. The van der Waals surface area contributed by atoms with Crippen LogP contribution in [0.25, 0.3) is 11.1 Å². The number of halogens is 4. The molecule has 0 atom stereocenters. The Bertz CT molecular complexity index is 1540. The Morgan fingerprint density at radius 1 is 0.892 bits per heavy atom. The predicted octanol–water partition coefficient (Wildman–Crippen LogP) is 5.44. The molecule has 1 heterocycles. The number of hydrogen-bond acceptors (Lipinski definition) is 3. The van der Waals surface area contributed by atoms with Crippen molar-refractivity contribution in [1.29, 1.82) is 0 Å². The minimum absolute atomic E-state index is 0.0116. The van der Waals surface area contributed by atoms with Gasteiger partial charge in [0.15, 0.2) is 0 Å². The van der Waals surface area contributed by atoms with Gasteiger partial charge in [0, 0.05) is 17.8 Å². The first-order chi connectivity index (χ1) is 17.6. The summed E-state index contributed by atoms with van der Waals surface area (Å²) in [7, 11) is 1.46. The summed E-state index contributed by atoms with van der Waals surface area (Å²) in [5.41, 5.74) is -1.72.